The van der Waals surface area contributed by atoms with Crippen LogP contribution in [0.2, 0.25) is 0 Å². The second-order valence-corrected chi connectivity index (χ2v) is 2.52. The van der Waals surface area contributed by atoms with Crippen LogP contribution in [0, 0.1) is 0 Å². The van der Waals surface area contributed by atoms with Gasteiger partial charge < -0.3 is 15.8 Å². The van der Waals surface area contributed by atoms with Crippen molar-refractivity contribution in [2.24, 2.45) is 5.73 Å². The molecule has 0 aromatic carbocycles. The van der Waals surface area contributed by atoms with E-state index in [4.69, 9.17) is 10.5 Å². The van der Waals surface area contributed by atoms with Crippen molar-refractivity contribution in [3.63, 3.8) is 0 Å². The summed E-state index contributed by atoms with van der Waals surface area (Å²) in [5.41, 5.74) is 5.45. The van der Waals surface area contributed by atoms with Gasteiger partial charge in [0.25, 0.3) is 0 Å². The topological polar surface area (TPSA) is 47.3 Å². The van der Waals surface area contributed by atoms with E-state index in [0.717, 1.165) is 25.9 Å². The van der Waals surface area contributed by atoms with Crippen LogP contribution in [-0.4, -0.2) is 25.9 Å². The molecule has 1 heterocycles. The van der Waals surface area contributed by atoms with Gasteiger partial charge in [-0.25, -0.2) is 0 Å². The molecule has 0 amide bonds. The van der Waals surface area contributed by atoms with Crippen LogP contribution in [0.5, 0.6) is 0 Å². The van der Waals surface area contributed by atoms with Crippen LogP contribution < -0.4 is 11.1 Å². The molecule has 3 N–H and O–H groups in total. The van der Waals surface area contributed by atoms with Gasteiger partial charge in [0, 0.05) is 20.0 Å². The molecule has 3 nitrogen and oxygen atoms in total. The molecule has 1 aliphatic heterocycles. The minimum absolute atomic E-state index is 0.342. The monoisotopic (exact) mass is 130 g/mol. The van der Waals surface area contributed by atoms with Gasteiger partial charge in [-0.3, -0.25) is 0 Å². The molecular formula is C6H14N2O. The van der Waals surface area contributed by atoms with Gasteiger partial charge in [-0.15, -0.1) is 0 Å². The number of hydrogen-bond acceptors (Lipinski definition) is 3. The fraction of sp³-hybridized carbons (Fsp3) is 1.00. The van der Waals surface area contributed by atoms with Crippen LogP contribution in [0.4, 0.5) is 0 Å². The van der Waals surface area contributed by atoms with Gasteiger partial charge >= 0.3 is 0 Å². The van der Waals surface area contributed by atoms with Crippen molar-refractivity contribution in [3.8, 4) is 0 Å². The Labute approximate surface area is 55.6 Å². The summed E-state index contributed by atoms with van der Waals surface area (Å²) < 4.78 is 5.12. The number of hydrogen-bond donors (Lipinski definition) is 2. The van der Waals surface area contributed by atoms with Gasteiger partial charge in [0.15, 0.2) is 0 Å². The summed E-state index contributed by atoms with van der Waals surface area (Å²) in [6, 6.07) is 0. The van der Waals surface area contributed by atoms with E-state index >= 15 is 0 Å². The lowest BCUT2D eigenvalue weighted by Gasteiger charge is -2.32. The highest BCUT2D eigenvalue weighted by atomic mass is 16.5. The molecule has 1 aliphatic rings. The van der Waals surface area contributed by atoms with E-state index in [1.165, 1.54) is 0 Å². The summed E-state index contributed by atoms with van der Waals surface area (Å²) in [6.07, 6.45) is 1.84. The van der Waals surface area contributed by atoms with Crippen molar-refractivity contribution < 1.29 is 4.74 Å². The first-order valence-corrected chi connectivity index (χ1v) is 3.32. The van der Waals surface area contributed by atoms with Crippen LogP contribution in [-0.2, 0) is 4.74 Å². The Bertz CT molecular complexity index is 89.1. The van der Waals surface area contributed by atoms with Crippen molar-refractivity contribution in [3.05, 3.63) is 0 Å². The zero-order chi connectivity index (χ0) is 6.74. The van der Waals surface area contributed by atoms with Crippen LogP contribution in [0.15, 0.2) is 0 Å². The minimum atomic E-state index is -0.342. The zero-order valence-electron chi connectivity index (χ0n) is 5.81. The lowest BCUT2D eigenvalue weighted by Crippen LogP contribution is -2.50. The number of piperidine rings is 1. The maximum absolute atomic E-state index is 5.80. The predicted octanol–water partition coefficient (Wildman–Crippen LogP) is -0.329. The molecule has 54 valence electrons. The fourth-order valence-electron chi connectivity index (χ4n) is 1.05. The van der Waals surface area contributed by atoms with Crippen molar-refractivity contribution >= 4 is 0 Å². The molecule has 3 heteroatoms. The van der Waals surface area contributed by atoms with Gasteiger partial charge in [-0.2, -0.15) is 0 Å². The molecule has 0 radical (unpaired) electrons. The number of nitrogens with one attached hydrogen (secondary N) is 1. The number of rotatable bonds is 1. The molecular weight excluding hydrogens is 116 g/mol. The predicted molar refractivity (Wildman–Crippen MR) is 36.0 cm³/mol. The molecule has 0 spiro atoms. The zero-order valence-corrected chi connectivity index (χ0v) is 5.81. The standard InChI is InChI=1S/C6H14N2O/c1-9-6(7)2-4-8-5-3-6/h8H,2-5,7H2,1H3. The first-order chi connectivity index (χ1) is 4.27. The largest absolute Gasteiger partial charge is 0.364 e. The molecule has 0 bridgehead atoms. The average molecular weight is 130 g/mol. The first-order valence-electron chi connectivity index (χ1n) is 3.32. The van der Waals surface area contributed by atoms with Gasteiger partial charge in [-0.1, -0.05) is 0 Å². The Morgan fingerprint density at radius 3 is 2.33 bits per heavy atom. The Balaban J connectivity index is 2.37. The third kappa shape index (κ3) is 1.64. The lowest BCUT2D eigenvalue weighted by atomic mass is 10.0. The van der Waals surface area contributed by atoms with E-state index in [1.807, 2.05) is 0 Å². The number of nitrogens with two attached hydrogens (primary N) is 1. The van der Waals surface area contributed by atoms with E-state index in [-0.39, 0.29) is 5.72 Å². The molecule has 0 aromatic heterocycles. The van der Waals surface area contributed by atoms with Crippen LogP contribution in [0.3, 0.4) is 0 Å². The molecule has 0 unspecified atom stereocenters. The second kappa shape index (κ2) is 2.64. The quantitative estimate of drug-likeness (QED) is 0.478. The van der Waals surface area contributed by atoms with E-state index in [9.17, 15) is 0 Å². The third-order valence-electron chi connectivity index (χ3n) is 1.86. The highest BCUT2D eigenvalue weighted by molar-refractivity contribution is 4.79. The summed E-state index contributed by atoms with van der Waals surface area (Å²) >= 11 is 0. The molecule has 1 fully saturated rings. The molecule has 0 aromatic rings. The average Bonchev–Trinajstić information content (AvgIpc) is 1.90. The maximum atomic E-state index is 5.80. The molecule has 0 atom stereocenters. The van der Waals surface area contributed by atoms with Crippen LogP contribution in [0.1, 0.15) is 12.8 Å². The molecule has 1 saturated heterocycles. The Morgan fingerprint density at radius 1 is 1.44 bits per heavy atom. The highest BCUT2D eigenvalue weighted by Crippen LogP contribution is 2.14. The van der Waals surface area contributed by atoms with E-state index in [1.54, 1.807) is 7.11 Å². The Morgan fingerprint density at radius 2 is 2.00 bits per heavy atom. The summed E-state index contributed by atoms with van der Waals surface area (Å²) in [5.74, 6) is 0. The number of methoxy groups -OCH3 is 1. The highest BCUT2D eigenvalue weighted by Gasteiger charge is 2.25. The molecule has 0 aliphatic carbocycles. The summed E-state index contributed by atoms with van der Waals surface area (Å²) in [6.45, 7) is 1.95. The Hall–Kier alpha value is -0.120. The normalized spacial score (nSPS) is 26.0. The van der Waals surface area contributed by atoms with Gasteiger partial charge in [0.2, 0.25) is 0 Å². The smallest absolute Gasteiger partial charge is 0.118 e. The number of ether oxygens (including phenoxy) is 1. The molecule has 1 rings (SSSR count). The fourth-order valence-corrected chi connectivity index (χ4v) is 1.05. The second-order valence-electron chi connectivity index (χ2n) is 2.52. The summed E-state index contributed by atoms with van der Waals surface area (Å²) in [5, 5.41) is 3.21. The van der Waals surface area contributed by atoms with Crippen molar-refractivity contribution in [1.29, 1.82) is 0 Å². The summed E-state index contributed by atoms with van der Waals surface area (Å²) in [4.78, 5) is 0. The van der Waals surface area contributed by atoms with E-state index < -0.39 is 0 Å². The maximum Gasteiger partial charge on any atom is 0.118 e. The van der Waals surface area contributed by atoms with Crippen molar-refractivity contribution in [1.82, 2.24) is 5.32 Å². The first kappa shape index (κ1) is 6.99. The lowest BCUT2D eigenvalue weighted by molar-refractivity contribution is -0.0285. The third-order valence-corrected chi connectivity index (χ3v) is 1.86. The summed E-state index contributed by atoms with van der Waals surface area (Å²) in [7, 11) is 1.67. The van der Waals surface area contributed by atoms with Gasteiger partial charge in [0.1, 0.15) is 5.72 Å². The SMILES string of the molecule is COC1(N)CCNCC1. The van der Waals surface area contributed by atoms with Gasteiger partial charge in [0.05, 0.1) is 0 Å². The van der Waals surface area contributed by atoms with Crippen molar-refractivity contribution in [2.75, 3.05) is 20.2 Å². The van der Waals surface area contributed by atoms with E-state index in [2.05, 4.69) is 5.32 Å². The van der Waals surface area contributed by atoms with E-state index in [0.29, 0.717) is 0 Å². The van der Waals surface area contributed by atoms with Crippen molar-refractivity contribution in [2.45, 2.75) is 18.6 Å². The van der Waals surface area contributed by atoms with Gasteiger partial charge in [-0.05, 0) is 13.1 Å². The Kier molecular flexibility index (Phi) is 2.05. The minimum Gasteiger partial charge on any atom is -0.364 e. The molecule has 9 heavy (non-hydrogen) atoms. The van der Waals surface area contributed by atoms with Crippen LogP contribution >= 0.6 is 0 Å². The van der Waals surface area contributed by atoms with Crippen LogP contribution in [0.25, 0.3) is 0 Å². The molecule has 0 saturated carbocycles.